The second kappa shape index (κ2) is 5.30. The molecule has 0 radical (unpaired) electrons. The van der Waals surface area contributed by atoms with Crippen molar-refractivity contribution in [2.24, 2.45) is 5.73 Å². The van der Waals surface area contributed by atoms with E-state index in [1.165, 1.54) is 12.1 Å². The molecule has 0 atom stereocenters. The van der Waals surface area contributed by atoms with Crippen molar-refractivity contribution in [3.8, 4) is 5.75 Å². The van der Waals surface area contributed by atoms with Gasteiger partial charge < -0.3 is 10.5 Å². The molecular formula is C12H15FN2O3. The lowest BCUT2D eigenvalue weighted by atomic mass is 9.94. The first-order valence-corrected chi connectivity index (χ1v) is 5.92. The van der Waals surface area contributed by atoms with E-state index in [0.717, 1.165) is 31.7 Å². The molecule has 1 saturated carbocycles. The molecule has 1 aliphatic carbocycles. The molecule has 2 rings (SSSR count). The molecule has 0 unspecified atom stereocenters. The van der Waals surface area contributed by atoms with Crippen LogP contribution >= 0.6 is 0 Å². The van der Waals surface area contributed by atoms with E-state index in [9.17, 15) is 14.5 Å². The quantitative estimate of drug-likeness (QED) is 0.663. The molecule has 0 amide bonds. The number of non-ortho nitro benzene ring substituents is 1. The van der Waals surface area contributed by atoms with Crippen LogP contribution < -0.4 is 10.5 Å². The SMILES string of the molecule is NC1CCC(Oc2cc(F)cc([N+](=O)[O-])c2)CC1. The average Bonchev–Trinajstić information content (AvgIpc) is 2.31. The molecule has 98 valence electrons. The number of nitrogens with zero attached hydrogens (tertiary/aromatic N) is 1. The van der Waals surface area contributed by atoms with Crippen LogP contribution in [0.25, 0.3) is 0 Å². The van der Waals surface area contributed by atoms with Crippen molar-refractivity contribution in [3.63, 3.8) is 0 Å². The van der Waals surface area contributed by atoms with E-state index in [2.05, 4.69) is 0 Å². The molecule has 1 fully saturated rings. The molecule has 0 aliphatic heterocycles. The minimum Gasteiger partial charge on any atom is -0.490 e. The summed E-state index contributed by atoms with van der Waals surface area (Å²) in [6, 6.07) is 3.50. The van der Waals surface area contributed by atoms with Crippen LogP contribution in [-0.2, 0) is 0 Å². The van der Waals surface area contributed by atoms with Crippen molar-refractivity contribution in [1.29, 1.82) is 0 Å². The van der Waals surface area contributed by atoms with Crippen molar-refractivity contribution in [1.82, 2.24) is 0 Å². The number of nitrogens with two attached hydrogens (primary N) is 1. The number of halogens is 1. The Hall–Kier alpha value is -1.69. The lowest BCUT2D eigenvalue weighted by molar-refractivity contribution is -0.385. The summed E-state index contributed by atoms with van der Waals surface area (Å²) >= 11 is 0. The third-order valence-electron chi connectivity index (χ3n) is 3.09. The molecule has 1 aliphatic rings. The standard InChI is InChI=1S/C12H15FN2O3/c13-8-5-10(15(16)17)7-12(6-8)18-11-3-1-9(14)2-4-11/h5-7,9,11H,1-4,14H2. The molecule has 0 bridgehead atoms. The number of rotatable bonds is 3. The van der Waals surface area contributed by atoms with E-state index < -0.39 is 10.7 Å². The monoisotopic (exact) mass is 254 g/mol. The largest absolute Gasteiger partial charge is 0.490 e. The van der Waals surface area contributed by atoms with Crippen LogP contribution in [0.3, 0.4) is 0 Å². The number of hydrogen-bond donors (Lipinski definition) is 1. The van der Waals surface area contributed by atoms with Crippen LogP contribution in [-0.4, -0.2) is 17.1 Å². The second-order valence-corrected chi connectivity index (χ2v) is 4.56. The smallest absolute Gasteiger partial charge is 0.276 e. The molecule has 0 aromatic heterocycles. The fourth-order valence-corrected chi connectivity index (χ4v) is 2.12. The van der Waals surface area contributed by atoms with Gasteiger partial charge in [0.05, 0.1) is 23.2 Å². The summed E-state index contributed by atoms with van der Waals surface area (Å²) in [5.74, 6) is -0.450. The summed E-state index contributed by atoms with van der Waals surface area (Å²) in [6.45, 7) is 0. The van der Waals surface area contributed by atoms with Gasteiger partial charge in [0.15, 0.2) is 0 Å². The van der Waals surface area contributed by atoms with E-state index in [1.54, 1.807) is 0 Å². The highest BCUT2D eigenvalue weighted by molar-refractivity contribution is 5.39. The van der Waals surface area contributed by atoms with Gasteiger partial charge in [-0.25, -0.2) is 4.39 Å². The normalized spacial score (nSPS) is 23.7. The molecule has 1 aromatic carbocycles. The topological polar surface area (TPSA) is 78.4 Å². The van der Waals surface area contributed by atoms with Crippen LogP contribution in [0.15, 0.2) is 18.2 Å². The zero-order valence-corrected chi connectivity index (χ0v) is 9.84. The van der Waals surface area contributed by atoms with Gasteiger partial charge in [-0.1, -0.05) is 0 Å². The fraction of sp³-hybridized carbons (Fsp3) is 0.500. The van der Waals surface area contributed by atoms with E-state index in [1.807, 2.05) is 0 Å². The Labute approximate surface area is 104 Å². The lowest BCUT2D eigenvalue weighted by Crippen LogP contribution is -2.31. The van der Waals surface area contributed by atoms with Gasteiger partial charge in [0, 0.05) is 12.1 Å². The summed E-state index contributed by atoms with van der Waals surface area (Å²) in [4.78, 5) is 9.98. The summed E-state index contributed by atoms with van der Waals surface area (Å²) in [5.41, 5.74) is 5.48. The van der Waals surface area contributed by atoms with Gasteiger partial charge in [-0.2, -0.15) is 0 Å². The molecular weight excluding hydrogens is 239 g/mol. The Kier molecular flexibility index (Phi) is 3.76. The zero-order chi connectivity index (χ0) is 13.1. The van der Waals surface area contributed by atoms with Crippen LogP contribution in [0.5, 0.6) is 5.75 Å². The van der Waals surface area contributed by atoms with E-state index in [4.69, 9.17) is 10.5 Å². The van der Waals surface area contributed by atoms with Crippen LogP contribution in [0.2, 0.25) is 0 Å². The fourth-order valence-electron chi connectivity index (χ4n) is 2.12. The minimum absolute atomic E-state index is 0.0359. The zero-order valence-electron chi connectivity index (χ0n) is 9.84. The van der Waals surface area contributed by atoms with Crippen molar-refractivity contribution >= 4 is 5.69 Å². The first-order chi connectivity index (χ1) is 8.54. The van der Waals surface area contributed by atoms with Crippen molar-refractivity contribution < 1.29 is 14.1 Å². The summed E-state index contributed by atoms with van der Waals surface area (Å²) in [5, 5.41) is 10.6. The van der Waals surface area contributed by atoms with Crippen LogP contribution in [0.4, 0.5) is 10.1 Å². The van der Waals surface area contributed by atoms with Gasteiger partial charge in [0.25, 0.3) is 5.69 Å². The van der Waals surface area contributed by atoms with Crippen molar-refractivity contribution in [2.75, 3.05) is 0 Å². The van der Waals surface area contributed by atoms with Crippen molar-refractivity contribution in [2.45, 2.75) is 37.8 Å². The number of hydrogen-bond acceptors (Lipinski definition) is 4. The summed E-state index contributed by atoms with van der Waals surface area (Å²) < 4.78 is 18.8. The van der Waals surface area contributed by atoms with Gasteiger partial charge >= 0.3 is 0 Å². The third-order valence-corrected chi connectivity index (χ3v) is 3.09. The number of ether oxygens (including phenoxy) is 1. The Morgan fingerprint density at radius 1 is 1.28 bits per heavy atom. The molecule has 6 heteroatoms. The Balaban J connectivity index is 2.07. The predicted molar refractivity (Wildman–Crippen MR) is 63.9 cm³/mol. The van der Waals surface area contributed by atoms with E-state index in [0.29, 0.717) is 0 Å². The predicted octanol–water partition coefficient (Wildman–Crippen LogP) is 2.38. The number of nitro groups is 1. The van der Waals surface area contributed by atoms with Crippen LogP contribution in [0, 0.1) is 15.9 Å². The van der Waals surface area contributed by atoms with Gasteiger partial charge in [-0.15, -0.1) is 0 Å². The Morgan fingerprint density at radius 3 is 2.56 bits per heavy atom. The number of benzene rings is 1. The molecule has 0 saturated heterocycles. The molecule has 18 heavy (non-hydrogen) atoms. The maximum Gasteiger partial charge on any atom is 0.276 e. The maximum atomic E-state index is 13.2. The van der Waals surface area contributed by atoms with Gasteiger partial charge in [0.1, 0.15) is 11.6 Å². The summed E-state index contributed by atoms with van der Waals surface area (Å²) in [6.07, 6.45) is 3.28. The number of nitro benzene ring substituents is 1. The maximum absolute atomic E-state index is 13.2. The third kappa shape index (κ3) is 3.16. The van der Waals surface area contributed by atoms with Crippen LogP contribution in [0.1, 0.15) is 25.7 Å². The van der Waals surface area contributed by atoms with Gasteiger partial charge in [0.2, 0.25) is 0 Å². The van der Waals surface area contributed by atoms with Gasteiger partial charge in [-0.3, -0.25) is 10.1 Å². The summed E-state index contributed by atoms with van der Waals surface area (Å²) in [7, 11) is 0. The van der Waals surface area contributed by atoms with Gasteiger partial charge in [-0.05, 0) is 25.7 Å². The van der Waals surface area contributed by atoms with Crippen molar-refractivity contribution in [3.05, 3.63) is 34.1 Å². The first kappa shape index (κ1) is 12.8. The molecule has 1 aromatic rings. The highest BCUT2D eigenvalue weighted by Crippen LogP contribution is 2.26. The second-order valence-electron chi connectivity index (χ2n) is 4.56. The highest BCUT2D eigenvalue weighted by atomic mass is 19.1. The average molecular weight is 254 g/mol. The lowest BCUT2D eigenvalue weighted by Gasteiger charge is -2.26. The minimum atomic E-state index is -0.660. The van der Waals surface area contributed by atoms with E-state index in [-0.39, 0.29) is 23.6 Å². The molecule has 0 spiro atoms. The Bertz CT molecular complexity index is 445. The Morgan fingerprint density at radius 2 is 1.94 bits per heavy atom. The molecule has 0 heterocycles. The molecule has 5 nitrogen and oxygen atoms in total. The first-order valence-electron chi connectivity index (χ1n) is 5.92. The molecule has 2 N–H and O–H groups in total. The highest BCUT2D eigenvalue weighted by Gasteiger charge is 2.21. The van der Waals surface area contributed by atoms with E-state index >= 15 is 0 Å².